The van der Waals surface area contributed by atoms with Gasteiger partial charge in [0.25, 0.3) is 11.1 Å². The molecule has 1 N–H and O–H groups in total. The monoisotopic (exact) mass is 413 g/mol. The molecule has 1 aliphatic rings. The molecule has 1 fully saturated rings. The molecule has 2 aromatic carbocycles. The Hall–Kier alpha value is -3.26. The first-order valence-electron chi connectivity index (χ1n) is 8.85. The Bertz CT molecular complexity index is 987. The van der Waals surface area contributed by atoms with Gasteiger partial charge in [-0.1, -0.05) is 31.2 Å². The lowest BCUT2D eigenvalue weighted by Gasteiger charge is -2.15. The van der Waals surface area contributed by atoms with E-state index in [9.17, 15) is 19.5 Å². The van der Waals surface area contributed by atoms with Gasteiger partial charge in [0.2, 0.25) is 0 Å². The summed E-state index contributed by atoms with van der Waals surface area (Å²) >= 11 is 0.810. The fourth-order valence-corrected chi connectivity index (χ4v) is 3.58. The molecular formula is C21H19NO6S. The number of methoxy groups -OCH3 is 1. The third kappa shape index (κ3) is 4.43. The summed E-state index contributed by atoms with van der Waals surface area (Å²) in [4.78, 5) is 37.9. The van der Waals surface area contributed by atoms with Crippen LogP contribution in [0.25, 0.3) is 6.08 Å². The number of carboxylic acid groups (broad SMARTS) is 1. The van der Waals surface area contributed by atoms with E-state index in [-0.39, 0.29) is 11.3 Å². The summed E-state index contributed by atoms with van der Waals surface area (Å²) in [5, 5.41) is 8.80. The topological polar surface area (TPSA) is 93.1 Å². The molecule has 0 saturated carbocycles. The van der Waals surface area contributed by atoms with E-state index >= 15 is 0 Å². The summed E-state index contributed by atoms with van der Waals surface area (Å²) in [6.45, 7) is 1.71. The maximum Gasteiger partial charge on any atom is 0.344 e. The molecule has 1 saturated heterocycles. The van der Waals surface area contributed by atoms with Gasteiger partial charge in [-0.25, -0.2) is 9.69 Å². The summed E-state index contributed by atoms with van der Waals surface area (Å²) in [7, 11) is 1.50. The minimum atomic E-state index is -1.07. The van der Waals surface area contributed by atoms with Gasteiger partial charge < -0.3 is 14.6 Å². The first kappa shape index (κ1) is 20.5. The van der Waals surface area contributed by atoms with Gasteiger partial charge in [0.05, 0.1) is 17.7 Å². The van der Waals surface area contributed by atoms with Crippen molar-refractivity contribution in [2.45, 2.75) is 19.4 Å². The maximum atomic E-state index is 12.9. The van der Waals surface area contributed by atoms with Crippen LogP contribution in [0.1, 0.15) is 18.9 Å². The Morgan fingerprint density at radius 3 is 2.66 bits per heavy atom. The van der Waals surface area contributed by atoms with Crippen molar-refractivity contribution < 1.29 is 29.0 Å². The smallest absolute Gasteiger partial charge is 0.344 e. The number of nitrogens with zero attached hydrogens (tertiary/aromatic N) is 1. The molecule has 3 rings (SSSR count). The van der Waals surface area contributed by atoms with E-state index in [4.69, 9.17) is 9.47 Å². The van der Waals surface area contributed by atoms with Crippen LogP contribution in [0.5, 0.6) is 11.5 Å². The number of benzene rings is 2. The maximum absolute atomic E-state index is 12.9. The predicted molar refractivity (Wildman–Crippen MR) is 110 cm³/mol. The lowest BCUT2D eigenvalue weighted by Crippen LogP contribution is -2.27. The van der Waals surface area contributed by atoms with Crippen LogP contribution in [0.2, 0.25) is 0 Å². The van der Waals surface area contributed by atoms with Crippen molar-refractivity contribution >= 4 is 40.6 Å². The van der Waals surface area contributed by atoms with Crippen LogP contribution >= 0.6 is 11.8 Å². The first-order chi connectivity index (χ1) is 13.9. The number of ether oxygens (including phenoxy) is 2. The van der Waals surface area contributed by atoms with Gasteiger partial charge in [-0.05, 0) is 42.5 Å². The van der Waals surface area contributed by atoms with Gasteiger partial charge >= 0.3 is 5.97 Å². The van der Waals surface area contributed by atoms with Crippen molar-refractivity contribution in [2.24, 2.45) is 0 Å². The Morgan fingerprint density at radius 1 is 1.21 bits per heavy atom. The summed E-state index contributed by atoms with van der Waals surface area (Å²) in [5.74, 6) is -0.674. The third-order valence-electron chi connectivity index (χ3n) is 4.23. The molecule has 1 heterocycles. The minimum Gasteiger partial charge on any atom is -0.497 e. The molecule has 1 unspecified atom stereocenters. The molecule has 0 bridgehead atoms. The van der Waals surface area contributed by atoms with Crippen molar-refractivity contribution in [2.75, 3.05) is 12.0 Å². The number of rotatable bonds is 7. The van der Waals surface area contributed by atoms with Gasteiger partial charge in [0.15, 0.2) is 6.10 Å². The number of hydrogen-bond acceptors (Lipinski definition) is 6. The number of hydrogen-bond donors (Lipinski definition) is 1. The van der Waals surface area contributed by atoms with Crippen molar-refractivity contribution in [3.05, 3.63) is 59.0 Å². The summed E-state index contributed by atoms with van der Waals surface area (Å²) in [6, 6.07) is 13.5. The number of anilines is 1. The highest BCUT2D eigenvalue weighted by molar-refractivity contribution is 8.19. The normalized spacial score (nSPS) is 16.2. The highest BCUT2D eigenvalue weighted by Gasteiger charge is 2.36. The number of carbonyl (C=O) groups is 3. The summed E-state index contributed by atoms with van der Waals surface area (Å²) in [5.41, 5.74) is 0.931. The molecule has 150 valence electrons. The lowest BCUT2D eigenvalue weighted by atomic mass is 10.1. The van der Waals surface area contributed by atoms with Crippen LogP contribution in [0.3, 0.4) is 0 Å². The van der Waals surface area contributed by atoms with Crippen LogP contribution in [0.4, 0.5) is 10.5 Å². The quantitative estimate of drug-likeness (QED) is 0.681. The molecule has 8 heteroatoms. The van der Waals surface area contributed by atoms with Crippen LogP contribution in [0.15, 0.2) is 53.4 Å². The highest BCUT2D eigenvalue weighted by atomic mass is 32.2. The van der Waals surface area contributed by atoms with E-state index in [0.29, 0.717) is 22.7 Å². The van der Waals surface area contributed by atoms with E-state index < -0.39 is 23.2 Å². The predicted octanol–water partition coefficient (Wildman–Crippen LogP) is 4.18. The molecule has 0 aliphatic carbocycles. The van der Waals surface area contributed by atoms with Gasteiger partial charge in [0.1, 0.15) is 11.5 Å². The van der Waals surface area contributed by atoms with E-state index in [0.717, 1.165) is 16.7 Å². The van der Waals surface area contributed by atoms with Crippen molar-refractivity contribution in [1.29, 1.82) is 0 Å². The van der Waals surface area contributed by atoms with Crippen molar-refractivity contribution in [3.8, 4) is 11.5 Å². The van der Waals surface area contributed by atoms with Gasteiger partial charge in [-0.2, -0.15) is 0 Å². The standard InChI is InChI=1S/C21H19NO6S/c1-3-16(20(24)25)28-17-10-5-4-7-13(17)11-18-19(23)22(21(26)29-18)14-8-6-9-15(12-14)27-2/h4-12,16H,3H2,1-2H3,(H,24,25)/b18-11+. The van der Waals surface area contributed by atoms with Gasteiger partial charge in [-0.15, -0.1) is 0 Å². The summed E-state index contributed by atoms with van der Waals surface area (Å²) in [6.07, 6.45) is 0.821. The highest BCUT2D eigenvalue weighted by Crippen LogP contribution is 2.37. The van der Waals surface area contributed by atoms with Crippen molar-refractivity contribution in [3.63, 3.8) is 0 Å². The van der Waals surface area contributed by atoms with E-state index in [2.05, 4.69) is 0 Å². The second kappa shape index (κ2) is 8.83. The molecule has 0 spiro atoms. The van der Waals surface area contributed by atoms with Crippen molar-refractivity contribution in [1.82, 2.24) is 0 Å². The Kier molecular flexibility index (Phi) is 6.23. The minimum absolute atomic E-state index is 0.220. The zero-order valence-electron chi connectivity index (χ0n) is 15.8. The number of carbonyl (C=O) groups excluding carboxylic acids is 2. The molecule has 1 aliphatic heterocycles. The zero-order chi connectivity index (χ0) is 21.0. The second-order valence-electron chi connectivity index (χ2n) is 6.11. The number of carboxylic acids is 1. The van der Waals surface area contributed by atoms with Crippen LogP contribution in [0, 0.1) is 0 Å². The Morgan fingerprint density at radius 2 is 1.97 bits per heavy atom. The number of imide groups is 1. The molecular weight excluding hydrogens is 394 g/mol. The van der Waals surface area contributed by atoms with Crippen LogP contribution < -0.4 is 14.4 Å². The van der Waals surface area contributed by atoms with E-state index in [1.807, 2.05) is 0 Å². The fraction of sp³-hybridized carbons (Fsp3) is 0.190. The largest absolute Gasteiger partial charge is 0.497 e. The molecule has 0 aromatic heterocycles. The summed E-state index contributed by atoms with van der Waals surface area (Å²) < 4.78 is 10.7. The zero-order valence-corrected chi connectivity index (χ0v) is 16.6. The van der Waals surface area contributed by atoms with Crippen LogP contribution in [-0.2, 0) is 9.59 Å². The van der Waals surface area contributed by atoms with Gasteiger partial charge in [0, 0.05) is 11.6 Å². The first-order valence-corrected chi connectivity index (χ1v) is 9.66. The second-order valence-corrected chi connectivity index (χ2v) is 7.10. The number of amides is 2. The van der Waals surface area contributed by atoms with Gasteiger partial charge in [-0.3, -0.25) is 9.59 Å². The lowest BCUT2D eigenvalue weighted by molar-refractivity contribution is -0.145. The molecule has 2 amide bonds. The van der Waals surface area contributed by atoms with Crippen LogP contribution in [-0.4, -0.2) is 35.4 Å². The molecule has 0 radical (unpaired) electrons. The molecule has 2 aromatic rings. The number of aliphatic carboxylic acids is 1. The average molecular weight is 413 g/mol. The third-order valence-corrected chi connectivity index (χ3v) is 5.10. The molecule has 29 heavy (non-hydrogen) atoms. The molecule has 7 nitrogen and oxygen atoms in total. The SMILES string of the molecule is CCC(Oc1ccccc1/C=C1/SC(=O)N(c2cccc(OC)c2)C1=O)C(=O)O. The number of thioether (sulfide) groups is 1. The number of para-hydroxylation sites is 1. The van der Waals surface area contributed by atoms with E-state index in [1.165, 1.54) is 13.2 Å². The average Bonchev–Trinajstić information content (AvgIpc) is 3.00. The Labute approximate surface area is 171 Å². The van der Waals surface area contributed by atoms with E-state index in [1.54, 1.807) is 55.5 Å². The Balaban J connectivity index is 1.91. The molecule has 1 atom stereocenters. The fourth-order valence-electron chi connectivity index (χ4n) is 2.75.